The topological polar surface area (TPSA) is 42.2 Å². The fourth-order valence-corrected chi connectivity index (χ4v) is 2.69. The second kappa shape index (κ2) is 4.34. The van der Waals surface area contributed by atoms with Crippen LogP contribution in [0.15, 0.2) is 35.1 Å². The van der Waals surface area contributed by atoms with Crippen LogP contribution in [0.4, 0.5) is 5.69 Å². The van der Waals surface area contributed by atoms with Crippen LogP contribution in [-0.2, 0) is 11.2 Å². The highest BCUT2D eigenvalue weighted by molar-refractivity contribution is 6.33. The Kier molecular flexibility index (Phi) is 2.80. The maximum atomic E-state index is 11.3. The van der Waals surface area contributed by atoms with Gasteiger partial charge in [-0.05, 0) is 29.3 Å². The van der Waals surface area contributed by atoms with Crippen molar-refractivity contribution in [1.29, 1.82) is 0 Å². The van der Waals surface area contributed by atoms with Crippen molar-refractivity contribution in [3.05, 3.63) is 52.4 Å². The van der Waals surface area contributed by atoms with E-state index in [0.29, 0.717) is 11.4 Å². The van der Waals surface area contributed by atoms with Gasteiger partial charge in [-0.1, -0.05) is 11.6 Å². The fraction of sp³-hybridized carbons (Fsp3) is 0.154. The summed E-state index contributed by atoms with van der Waals surface area (Å²) in [5, 5.41) is 2.92. The number of benzene rings is 1. The lowest BCUT2D eigenvalue weighted by Crippen LogP contribution is -2.03. The summed E-state index contributed by atoms with van der Waals surface area (Å²) in [5.74, 6) is -0.0207. The van der Waals surface area contributed by atoms with Gasteiger partial charge in [0, 0.05) is 16.3 Å². The molecule has 0 spiro atoms. The summed E-state index contributed by atoms with van der Waals surface area (Å²) in [7, 11) is 0. The van der Waals surface area contributed by atoms with E-state index in [4.69, 9.17) is 27.6 Å². The van der Waals surface area contributed by atoms with Crippen molar-refractivity contribution in [2.75, 3.05) is 5.32 Å². The lowest BCUT2D eigenvalue weighted by molar-refractivity contribution is -0.115. The van der Waals surface area contributed by atoms with Crippen LogP contribution in [0.3, 0.4) is 0 Å². The van der Waals surface area contributed by atoms with Gasteiger partial charge in [-0.2, -0.15) is 0 Å². The maximum Gasteiger partial charge on any atom is 0.228 e. The van der Waals surface area contributed by atoms with Crippen molar-refractivity contribution in [2.24, 2.45) is 0 Å². The summed E-state index contributed by atoms with van der Waals surface area (Å²) in [6, 6.07) is 5.41. The summed E-state index contributed by atoms with van der Waals surface area (Å²) >= 11 is 12.6. The number of amides is 1. The molecular weight excluding hydrogens is 273 g/mol. The normalized spacial score (nSPS) is 15.3. The van der Waals surface area contributed by atoms with E-state index in [2.05, 4.69) is 5.32 Å². The monoisotopic (exact) mass is 281 g/mol. The Morgan fingerprint density at radius 3 is 2.94 bits per heavy atom. The van der Waals surface area contributed by atoms with E-state index in [1.54, 1.807) is 24.7 Å². The molecule has 1 unspecified atom stereocenters. The van der Waals surface area contributed by atoms with Crippen LogP contribution in [-0.4, -0.2) is 5.91 Å². The van der Waals surface area contributed by atoms with Gasteiger partial charge >= 0.3 is 0 Å². The van der Waals surface area contributed by atoms with Gasteiger partial charge in [0.2, 0.25) is 5.91 Å². The molecule has 1 N–H and O–H groups in total. The third kappa shape index (κ3) is 1.89. The van der Waals surface area contributed by atoms with E-state index >= 15 is 0 Å². The molecule has 18 heavy (non-hydrogen) atoms. The smallest absolute Gasteiger partial charge is 0.228 e. The van der Waals surface area contributed by atoms with Gasteiger partial charge in [-0.15, -0.1) is 11.6 Å². The summed E-state index contributed by atoms with van der Waals surface area (Å²) in [6.07, 6.45) is 3.52. The number of carbonyl (C=O) groups excluding carboxylic acids is 1. The first-order valence-electron chi connectivity index (χ1n) is 5.43. The molecule has 1 aromatic carbocycles. The fourth-order valence-electron chi connectivity index (χ4n) is 2.06. The molecule has 1 aliphatic rings. The van der Waals surface area contributed by atoms with Crippen molar-refractivity contribution in [3.63, 3.8) is 0 Å². The quantitative estimate of drug-likeness (QED) is 0.852. The van der Waals surface area contributed by atoms with Gasteiger partial charge in [-0.3, -0.25) is 4.79 Å². The zero-order valence-corrected chi connectivity index (χ0v) is 10.8. The first-order valence-corrected chi connectivity index (χ1v) is 6.25. The summed E-state index contributed by atoms with van der Waals surface area (Å²) in [5.41, 5.74) is 3.32. The molecule has 3 rings (SSSR count). The van der Waals surface area contributed by atoms with Crippen molar-refractivity contribution in [1.82, 2.24) is 0 Å². The summed E-state index contributed by atoms with van der Waals surface area (Å²) < 4.78 is 5.01. The number of furan rings is 1. The molecular formula is C13H9Cl2NO2. The largest absolute Gasteiger partial charge is 0.472 e. The molecule has 1 amide bonds. The molecule has 0 bridgehead atoms. The minimum Gasteiger partial charge on any atom is -0.472 e. The van der Waals surface area contributed by atoms with Gasteiger partial charge in [-0.25, -0.2) is 0 Å². The Bertz CT molecular complexity index is 608. The molecule has 5 heteroatoms. The number of anilines is 1. The van der Waals surface area contributed by atoms with E-state index in [1.807, 2.05) is 6.07 Å². The number of nitrogens with one attached hydrogen (secondary N) is 1. The first kappa shape index (κ1) is 11.6. The van der Waals surface area contributed by atoms with Crippen LogP contribution >= 0.6 is 23.2 Å². The van der Waals surface area contributed by atoms with Crippen LogP contribution in [0.5, 0.6) is 0 Å². The van der Waals surface area contributed by atoms with Gasteiger partial charge in [0.1, 0.15) is 0 Å². The van der Waals surface area contributed by atoms with Gasteiger partial charge < -0.3 is 9.73 Å². The third-order valence-electron chi connectivity index (χ3n) is 2.96. The third-order valence-corrected chi connectivity index (χ3v) is 3.77. The van der Waals surface area contributed by atoms with Crippen molar-refractivity contribution < 1.29 is 9.21 Å². The minimum absolute atomic E-state index is 0.0207. The Labute approximate surface area is 114 Å². The molecule has 1 atom stereocenters. The predicted octanol–water partition coefficient (Wildman–Crippen LogP) is 3.76. The number of fused-ring (bicyclic) bond motifs is 1. The molecule has 92 valence electrons. The van der Waals surface area contributed by atoms with Gasteiger partial charge in [0.15, 0.2) is 0 Å². The average molecular weight is 282 g/mol. The van der Waals surface area contributed by atoms with Crippen molar-refractivity contribution in [2.45, 2.75) is 11.8 Å². The minimum atomic E-state index is -0.378. The van der Waals surface area contributed by atoms with E-state index in [1.165, 1.54) is 0 Å². The Morgan fingerprint density at radius 1 is 1.39 bits per heavy atom. The standard InChI is InChI=1S/C13H9Cl2NO2/c14-10-5-11-8(4-12(17)16-11)3-9(10)13(15)7-1-2-18-6-7/h1-3,5-6,13H,4H2,(H,16,17). The average Bonchev–Trinajstić information content (AvgIpc) is 2.94. The SMILES string of the molecule is O=C1Cc2cc(C(Cl)c3ccoc3)c(Cl)cc2N1. The van der Waals surface area contributed by atoms with E-state index < -0.39 is 0 Å². The highest BCUT2D eigenvalue weighted by atomic mass is 35.5. The number of hydrogen-bond donors (Lipinski definition) is 1. The van der Waals surface area contributed by atoms with Crippen LogP contribution in [0, 0.1) is 0 Å². The van der Waals surface area contributed by atoms with Crippen LogP contribution < -0.4 is 5.32 Å². The zero-order valence-electron chi connectivity index (χ0n) is 9.24. The molecule has 3 nitrogen and oxygen atoms in total. The Morgan fingerprint density at radius 2 is 2.22 bits per heavy atom. The molecule has 0 saturated heterocycles. The molecule has 0 saturated carbocycles. The van der Waals surface area contributed by atoms with E-state index in [9.17, 15) is 4.79 Å². The lowest BCUT2D eigenvalue weighted by atomic mass is 10.0. The summed E-state index contributed by atoms with van der Waals surface area (Å²) in [4.78, 5) is 11.3. The highest BCUT2D eigenvalue weighted by Crippen LogP contribution is 2.38. The Hall–Kier alpha value is -1.45. The molecule has 1 aromatic heterocycles. The number of carbonyl (C=O) groups is 1. The second-order valence-electron chi connectivity index (χ2n) is 4.18. The number of hydrogen-bond acceptors (Lipinski definition) is 2. The first-order chi connectivity index (χ1) is 8.65. The second-order valence-corrected chi connectivity index (χ2v) is 5.02. The lowest BCUT2D eigenvalue weighted by Gasteiger charge is -2.11. The molecule has 2 aromatic rings. The predicted molar refractivity (Wildman–Crippen MR) is 70.2 cm³/mol. The molecule has 0 fully saturated rings. The maximum absolute atomic E-state index is 11.3. The Balaban J connectivity index is 2.03. The molecule has 2 heterocycles. The molecule has 0 radical (unpaired) electrons. The van der Waals surface area contributed by atoms with E-state index in [0.717, 1.165) is 22.4 Å². The van der Waals surface area contributed by atoms with Crippen LogP contribution in [0.2, 0.25) is 5.02 Å². The van der Waals surface area contributed by atoms with Crippen LogP contribution in [0.1, 0.15) is 22.1 Å². The number of halogens is 2. The van der Waals surface area contributed by atoms with E-state index in [-0.39, 0.29) is 11.3 Å². The van der Waals surface area contributed by atoms with Crippen molar-refractivity contribution >= 4 is 34.8 Å². The summed E-state index contributed by atoms with van der Waals surface area (Å²) in [6.45, 7) is 0. The van der Waals surface area contributed by atoms with Crippen molar-refractivity contribution in [3.8, 4) is 0 Å². The van der Waals surface area contributed by atoms with Gasteiger partial charge in [0.05, 0.1) is 24.3 Å². The number of rotatable bonds is 2. The molecule has 1 aliphatic heterocycles. The van der Waals surface area contributed by atoms with Gasteiger partial charge in [0.25, 0.3) is 0 Å². The molecule has 0 aliphatic carbocycles. The number of alkyl halides is 1. The zero-order chi connectivity index (χ0) is 12.7. The highest BCUT2D eigenvalue weighted by Gasteiger charge is 2.23. The van der Waals surface area contributed by atoms with Crippen LogP contribution in [0.25, 0.3) is 0 Å².